The van der Waals surface area contributed by atoms with E-state index >= 15 is 0 Å². The van der Waals surface area contributed by atoms with Gasteiger partial charge in [0.05, 0.1) is 5.69 Å². The number of rotatable bonds is 5. The van der Waals surface area contributed by atoms with E-state index in [2.05, 4.69) is 15.5 Å². The summed E-state index contributed by atoms with van der Waals surface area (Å²) in [7, 11) is 0. The van der Waals surface area contributed by atoms with Crippen LogP contribution in [-0.4, -0.2) is 34.3 Å². The van der Waals surface area contributed by atoms with Crippen molar-refractivity contribution in [2.24, 2.45) is 0 Å². The van der Waals surface area contributed by atoms with E-state index < -0.39 is 0 Å². The van der Waals surface area contributed by atoms with Gasteiger partial charge in [-0.2, -0.15) is 0 Å². The van der Waals surface area contributed by atoms with Gasteiger partial charge in [-0.25, -0.2) is 0 Å². The summed E-state index contributed by atoms with van der Waals surface area (Å²) >= 11 is 2.91. The quantitative estimate of drug-likeness (QED) is 0.550. The number of carbonyl (C=O) groups excluding carboxylic acids is 2. The fraction of sp³-hybridized carbons (Fsp3) is 0.176. The number of benzene rings is 2. The Balaban J connectivity index is 1.54. The second kappa shape index (κ2) is 6.45. The molecular weight excluding hydrogens is 356 g/mol. The van der Waals surface area contributed by atoms with Crippen molar-refractivity contribution in [2.75, 3.05) is 22.5 Å². The zero-order valence-corrected chi connectivity index (χ0v) is 15.0. The molecule has 0 fully saturated rings. The topological polar surface area (TPSA) is 75.2 Å². The lowest BCUT2D eigenvalue weighted by molar-refractivity contribution is -0.114. The number of aromatic nitrogens is 2. The molecule has 0 radical (unpaired) electrons. The molecule has 0 saturated carbocycles. The van der Waals surface area contributed by atoms with E-state index in [1.165, 1.54) is 16.2 Å². The highest BCUT2D eigenvalue weighted by Crippen LogP contribution is 2.37. The summed E-state index contributed by atoms with van der Waals surface area (Å²) in [5, 5.41) is 13.0. The summed E-state index contributed by atoms with van der Waals surface area (Å²) < 4.78 is 0.812. The molecule has 2 amide bonds. The first-order valence-electron chi connectivity index (χ1n) is 7.77. The van der Waals surface area contributed by atoms with Gasteiger partial charge in [0.1, 0.15) is 6.54 Å². The van der Waals surface area contributed by atoms with Crippen molar-refractivity contribution < 1.29 is 9.59 Å². The number of carbonyl (C=O) groups is 2. The fourth-order valence-corrected chi connectivity index (χ4v) is 4.55. The van der Waals surface area contributed by atoms with Crippen LogP contribution in [0, 0.1) is 0 Å². The molecule has 0 aliphatic carbocycles. The Morgan fingerprint density at radius 1 is 1.24 bits per heavy atom. The van der Waals surface area contributed by atoms with E-state index in [0.29, 0.717) is 10.7 Å². The highest BCUT2D eigenvalue weighted by molar-refractivity contribution is 8.01. The van der Waals surface area contributed by atoms with Crippen LogP contribution in [0.15, 0.2) is 40.7 Å². The van der Waals surface area contributed by atoms with E-state index in [0.717, 1.165) is 26.6 Å². The summed E-state index contributed by atoms with van der Waals surface area (Å²) in [6.07, 6.45) is 0. The molecule has 6 nitrogen and oxygen atoms in total. The van der Waals surface area contributed by atoms with Crippen LogP contribution in [0.5, 0.6) is 0 Å². The number of nitrogens with zero attached hydrogens (tertiary/aromatic N) is 3. The first-order valence-corrected chi connectivity index (χ1v) is 9.57. The Hall–Kier alpha value is -2.45. The molecule has 0 bridgehead atoms. The fourth-order valence-electron chi connectivity index (χ4n) is 2.88. The lowest BCUT2D eigenvalue weighted by atomic mass is 10.1. The lowest BCUT2D eigenvalue weighted by Crippen LogP contribution is -2.35. The highest BCUT2D eigenvalue weighted by Gasteiger charge is 2.30. The van der Waals surface area contributed by atoms with Gasteiger partial charge in [-0.3, -0.25) is 19.8 Å². The lowest BCUT2D eigenvalue weighted by Gasteiger charge is -2.16. The van der Waals surface area contributed by atoms with Crippen molar-refractivity contribution >= 4 is 56.5 Å². The van der Waals surface area contributed by atoms with Gasteiger partial charge in [0, 0.05) is 10.9 Å². The van der Waals surface area contributed by atoms with E-state index in [1.54, 1.807) is 17.8 Å². The van der Waals surface area contributed by atoms with Gasteiger partial charge in [0.25, 0.3) is 5.91 Å². The zero-order valence-electron chi connectivity index (χ0n) is 13.4. The first kappa shape index (κ1) is 16.0. The molecule has 8 heteroatoms. The first-order chi connectivity index (χ1) is 12.2. The Labute approximate surface area is 152 Å². The van der Waals surface area contributed by atoms with Crippen LogP contribution in [0.2, 0.25) is 0 Å². The molecule has 2 heterocycles. The number of hydrogen-bond acceptors (Lipinski definition) is 6. The Kier molecular flexibility index (Phi) is 4.14. The molecule has 1 aliphatic rings. The maximum Gasteiger partial charge on any atom is 0.259 e. The van der Waals surface area contributed by atoms with Crippen LogP contribution >= 0.6 is 23.1 Å². The van der Waals surface area contributed by atoms with E-state index in [9.17, 15) is 9.59 Å². The third-order valence-corrected chi connectivity index (χ3v) is 5.73. The van der Waals surface area contributed by atoms with Crippen LogP contribution < -0.4 is 10.2 Å². The molecule has 1 aromatic heterocycles. The van der Waals surface area contributed by atoms with Crippen LogP contribution in [0.25, 0.3) is 10.8 Å². The molecule has 0 saturated heterocycles. The standard InChI is InChI=1S/C17H14N4O2S2/c1-2-24-17-20-19-16(25-17)18-13(22)9-21-12-8-4-6-10-5-3-7-11(14(10)12)15(21)23/h3-8H,2,9H2,1H3,(H,18,19,22). The van der Waals surface area contributed by atoms with Gasteiger partial charge in [-0.15, -0.1) is 10.2 Å². The monoisotopic (exact) mass is 370 g/mol. The number of nitrogens with one attached hydrogen (secondary N) is 1. The third-order valence-electron chi connectivity index (χ3n) is 3.87. The van der Waals surface area contributed by atoms with Gasteiger partial charge in [0.15, 0.2) is 4.34 Å². The molecule has 2 aromatic carbocycles. The summed E-state index contributed by atoms with van der Waals surface area (Å²) in [6, 6.07) is 11.3. The molecule has 4 rings (SSSR count). The van der Waals surface area contributed by atoms with Crippen LogP contribution in [0.4, 0.5) is 10.8 Å². The predicted octanol–water partition coefficient (Wildman–Crippen LogP) is 3.40. The van der Waals surface area contributed by atoms with Crippen molar-refractivity contribution in [1.29, 1.82) is 0 Å². The molecule has 0 unspecified atom stereocenters. The number of amides is 2. The van der Waals surface area contributed by atoms with Crippen molar-refractivity contribution in [3.63, 3.8) is 0 Å². The van der Waals surface area contributed by atoms with Crippen LogP contribution in [0.1, 0.15) is 17.3 Å². The van der Waals surface area contributed by atoms with E-state index in [1.807, 2.05) is 37.3 Å². The predicted molar refractivity (Wildman–Crippen MR) is 101 cm³/mol. The van der Waals surface area contributed by atoms with Gasteiger partial charge >= 0.3 is 0 Å². The number of hydrogen-bond donors (Lipinski definition) is 1. The highest BCUT2D eigenvalue weighted by atomic mass is 32.2. The average molecular weight is 370 g/mol. The zero-order chi connectivity index (χ0) is 17.4. The van der Waals surface area contributed by atoms with E-state index in [4.69, 9.17) is 0 Å². The summed E-state index contributed by atoms with van der Waals surface area (Å²) in [4.78, 5) is 26.6. The van der Waals surface area contributed by atoms with Crippen molar-refractivity contribution in [2.45, 2.75) is 11.3 Å². The summed E-state index contributed by atoms with van der Waals surface area (Å²) in [5.74, 6) is 0.455. The van der Waals surface area contributed by atoms with Crippen molar-refractivity contribution in [3.8, 4) is 0 Å². The van der Waals surface area contributed by atoms with Crippen LogP contribution in [0.3, 0.4) is 0 Å². The third kappa shape index (κ3) is 2.87. The van der Waals surface area contributed by atoms with Crippen molar-refractivity contribution in [3.05, 3.63) is 42.0 Å². The van der Waals surface area contributed by atoms with E-state index in [-0.39, 0.29) is 18.4 Å². The SMILES string of the molecule is CCSc1nnc(NC(=O)CN2C(=O)c3cccc4cccc2c34)s1. The smallest absolute Gasteiger partial charge is 0.259 e. The molecule has 25 heavy (non-hydrogen) atoms. The summed E-state index contributed by atoms with van der Waals surface area (Å²) in [5.41, 5.74) is 1.41. The molecule has 1 aliphatic heterocycles. The number of thioether (sulfide) groups is 1. The Morgan fingerprint density at radius 2 is 2.04 bits per heavy atom. The van der Waals surface area contributed by atoms with Crippen LogP contribution in [-0.2, 0) is 4.79 Å². The average Bonchev–Trinajstić information content (AvgIpc) is 3.15. The largest absolute Gasteiger partial charge is 0.299 e. The maximum absolute atomic E-state index is 12.7. The van der Waals surface area contributed by atoms with Gasteiger partial charge in [0.2, 0.25) is 11.0 Å². The molecule has 0 spiro atoms. The molecular formula is C17H14N4O2S2. The number of anilines is 2. The normalized spacial score (nSPS) is 12.8. The minimum Gasteiger partial charge on any atom is -0.299 e. The second-order valence-corrected chi connectivity index (χ2v) is 7.92. The Morgan fingerprint density at radius 3 is 2.84 bits per heavy atom. The van der Waals surface area contributed by atoms with Gasteiger partial charge in [-0.05, 0) is 23.3 Å². The minimum atomic E-state index is -0.289. The van der Waals surface area contributed by atoms with Gasteiger partial charge < -0.3 is 0 Å². The molecule has 126 valence electrons. The van der Waals surface area contributed by atoms with Gasteiger partial charge in [-0.1, -0.05) is 54.3 Å². The molecule has 3 aromatic rings. The summed E-state index contributed by atoms with van der Waals surface area (Å²) in [6.45, 7) is 1.98. The van der Waals surface area contributed by atoms with Crippen molar-refractivity contribution in [1.82, 2.24) is 10.2 Å². The Bertz CT molecular complexity index is 980. The molecule has 0 atom stereocenters. The second-order valence-electron chi connectivity index (χ2n) is 5.43. The maximum atomic E-state index is 12.7. The molecule has 1 N–H and O–H groups in total. The minimum absolute atomic E-state index is 0.0531.